The molecule has 1 aromatic carbocycles. The lowest BCUT2D eigenvalue weighted by atomic mass is 9.93. The lowest BCUT2D eigenvalue weighted by Gasteiger charge is -2.09. The Morgan fingerprint density at radius 1 is 1.19 bits per heavy atom. The van der Waals surface area contributed by atoms with Crippen LogP contribution in [-0.4, -0.2) is 24.6 Å². The van der Waals surface area contributed by atoms with E-state index in [-0.39, 0.29) is 11.1 Å². The lowest BCUT2D eigenvalue weighted by Crippen LogP contribution is -2.17. The summed E-state index contributed by atoms with van der Waals surface area (Å²) in [4.78, 5) is 33.9. The van der Waals surface area contributed by atoms with Crippen LogP contribution in [0.4, 0.5) is 0 Å². The first-order valence-corrected chi connectivity index (χ1v) is 4.62. The smallest absolute Gasteiger partial charge is 0.337 e. The van der Waals surface area contributed by atoms with Gasteiger partial charge in [-0.3, -0.25) is 9.59 Å². The van der Waals surface area contributed by atoms with Crippen LogP contribution in [0.2, 0.25) is 0 Å². The van der Waals surface area contributed by atoms with Gasteiger partial charge in [0.05, 0.1) is 12.7 Å². The number of carbonyl (C=O) groups is 3. The highest BCUT2D eigenvalue weighted by molar-refractivity contribution is 6.50. The maximum absolute atomic E-state index is 11.5. The highest BCUT2D eigenvalue weighted by Gasteiger charge is 2.22. The number of esters is 1. The van der Waals surface area contributed by atoms with E-state index in [1.54, 1.807) is 18.2 Å². The Hall–Kier alpha value is -2.23. The van der Waals surface area contributed by atoms with Gasteiger partial charge in [0.2, 0.25) is 11.6 Å². The fraction of sp³-hybridized carbons (Fsp3) is 0.0833. The number of methoxy groups -OCH3 is 1. The Labute approximate surface area is 91.5 Å². The number of ether oxygens (including phenoxy) is 1. The molecule has 16 heavy (non-hydrogen) atoms. The van der Waals surface area contributed by atoms with E-state index in [1.807, 2.05) is 0 Å². The van der Waals surface area contributed by atoms with Crippen LogP contribution in [0.15, 0.2) is 24.3 Å². The third kappa shape index (κ3) is 1.54. The van der Waals surface area contributed by atoms with E-state index in [2.05, 4.69) is 4.74 Å². The van der Waals surface area contributed by atoms with Crippen LogP contribution in [0.1, 0.15) is 26.3 Å². The molecule has 0 aliphatic heterocycles. The Balaban J connectivity index is 2.54. The van der Waals surface area contributed by atoms with Crippen LogP contribution in [0, 0.1) is 0 Å². The summed E-state index contributed by atoms with van der Waals surface area (Å²) in [5.74, 6) is -1.70. The van der Waals surface area contributed by atoms with E-state index in [0.29, 0.717) is 5.56 Å². The highest BCUT2D eigenvalue weighted by Crippen LogP contribution is 2.19. The summed E-state index contributed by atoms with van der Waals surface area (Å²) in [6, 6.07) is 4.55. The topological polar surface area (TPSA) is 60.4 Å². The van der Waals surface area contributed by atoms with Crippen molar-refractivity contribution in [2.75, 3.05) is 7.11 Å². The molecular weight excluding hydrogens is 208 g/mol. The lowest BCUT2D eigenvalue weighted by molar-refractivity contribution is -0.110. The van der Waals surface area contributed by atoms with Crippen molar-refractivity contribution in [3.05, 3.63) is 41.0 Å². The minimum Gasteiger partial charge on any atom is -0.465 e. The van der Waals surface area contributed by atoms with E-state index >= 15 is 0 Å². The Bertz CT molecular complexity index is 526. The molecule has 80 valence electrons. The second-order valence-electron chi connectivity index (χ2n) is 3.32. The molecule has 0 atom stereocenters. The second kappa shape index (κ2) is 3.73. The first-order valence-electron chi connectivity index (χ1n) is 4.62. The molecule has 0 spiro atoms. The molecule has 2 rings (SSSR count). The minimum absolute atomic E-state index is 0.246. The standard InChI is InChI=1S/C12H8O4/c1-16-12(15)8-3-2-7-4-5-10(13)11(14)9(7)6-8/h2-6H,1H3. The third-order valence-corrected chi connectivity index (χ3v) is 2.36. The van der Waals surface area contributed by atoms with Gasteiger partial charge < -0.3 is 4.74 Å². The molecule has 0 unspecified atom stereocenters. The minimum atomic E-state index is -0.594. The summed E-state index contributed by atoms with van der Waals surface area (Å²) in [6.45, 7) is 0. The van der Waals surface area contributed by atoms with Gasteiger partial charge in [0.25, 0.3) is 0 Å². The first kappa shape index (κ1) is 10.3. The van der Waals surface area contributed by atoms with E-state index in [1.165, 1.54) is 19.3 Å². The van der Waals surface area contributed by atoms with Crippen molar-refractivity contribution >= 4 is 23.6 Å². The van der Waals surface area contributed by atoms with Crippen LogP contribution < -0.4 is 0 Å². The van der Waals surface area contributed by atoms with Crippen molar-refractivity contribution in [1.82, 2.24) is 0 Å². The van der Waals surface area contributed by atoms with Crippen molar-refractivity contribution in [3.8, 4) is 0 Å². The molecule has 4 heteroatoms. The van der Waals surface area contributed by atoms with Gasteiger partial charge in [0.1, 0.15) is 0 Å². The maximum Gasteiger partial charge on any atom is 0.337 e. The molecule has 0 fully saturated rings. The number of rotatable bonds is 1. The van der Waals surface area contributed by atoms with Crippen LogP contribution in [0.5, 0.6) is 0 Å². The molecule has 1 aliphatic carbocycles. The molecule has 0 heterocycles. The van der Waals surface area contributed by atoms with Crippen LogP contribution >= 0.6 is 0 Å². The molecule has 0 aromatic heterocycles. The predicted octanol–water partition coefficient (Wildman–Crippen LogP) is 1.25. The molecule has 1 aliphatic rings. The number of allylic oxidation sites excluding steroid dienone is 1. The van der Waals surface area contributed by atoms with E-state index in [0.717, 1.165) is 0 Å². The molecule has 0 bridgehead atoms. The van der Waals surface area contributed by atoms with Crippen molar-refractivity contribution < 1.29 is 19.1 Å². The summed E-state index contributed by atoms with van der Waals surface area (Å²) in [7, 11) is 1.26. The Morgan fingerprint density at radius 2 is 1.94 bits per heavy atom. The number of hydrogen-bond acceptors (Lipinski definition) is 4. The zero-order chi connectivity index (χ0) is 11.7. The summed E-state index contributed by atoms with van der Waals surface area (Å²) in [5, 5.41) is 0. The van der Waals surface area contributed by atoms with Crippen molar-refractivity contribution in [3.63, 3.8) is 0 Å². The average Bonchev–Trinajstić information content (AvgIpc) is 2.32. The van der Waals surface area contributed by atoms with Crippen LogP contribution in [0.25, 0.3) is 6.08 Å². The van der Waals surface area contributed by atoms with Crippen LogP contribution in [-0.2, 0) is 9.53 Å². The van der Waals surface area contributed by atoms with Crippen molar-refractivity contribution in [1.29, 1.82) is 0 Å². The van der Waals surface area contributed by atoms with Crippen molar-refractivity contribution in [2.45, 2.75) is 0 Å². The van der Waals surface area contributed by atoms with Crippen LogP contribution in [0.3, 0.4) is 0 Å². The van der Waals surface area contributed by atoms with Gasteiger partial charge in [0.15, 0.2) is 0 Å². The Kier molecular flexibility index (Phi) is 2.40. The van der Waals surface area contributed by atoms with E-state index in [4.69, 9.17) is 0 Å². The molecule has 4 nitrogen and oxygen atoms in total. The predicted molar refractivity (Wildman–Crippen MR) is 56.2 cm³/mol. The molecule has 0 N–H and O–H groups in total. The molecular formula is C12H8O4. The van der Waals surface area contributed by atoms with Gasteiger partial charge in [-0.05, 0) is 23.8 Å². The summed E-state index contributed by atoms with van der Waals surface area (Å²) in [5.41, 5.74) is 1.14. The fourth-order valence-electron chi connectivity index (χ4n) is 1.52. The van der Waals surface area contributed by atoms with Gasteiger partial charge in [-0.25, -0.2) is 4.79 Å². The van der Waals surface area contributed by atoms with E-state index < -0.39 is 17.5 Å². The quantitative estimate of drug-likeness (QED) is 0.523. The summed E-state index contributed by atoms with van der Waals surface area (Å²) < 4.78 is 4.54. The number of benzene rings is 1. The summed E-state index contributed by atoms with van der Waals surface area (Å²) >= 11 is 0. The zero-order valence-corrected chi connectivity index (χ0v) is 8.52. The molecule has 0 saturated heterocycles. The normalized spacial score (nSPS) is 13.6. The van der Waals surface area contributed by atoms with Gasteiger partial charge in [-0.15, -0.1) is 0 Å². The van der Waals surface area contributed by atoms with Gasteiger partial charge in [-0.1, -0.05) is 12.1 Å². The van der Waals surface area contributed by atoms with Gasteiger partial charge in [-0.2, -0.15) is 0 Å². The average molecular weight is 216 g/mol. The first-order chi connectivity index (χ1) is 7.63. The monoisotopic (exact) mass is 216 g/mol. The molecule has 0 saturated carbocycles. The van der Waals surface area contributed by atoms with Gasteiger partial charge >= 0.3 is 5.97 Å². The number of ketones is 2. The number of hydrogen-bond donors (Lipinski definition) is 0. The zero-order valence-electron chi connectivity index (χ0n) is 8.52. The molecule has 1 aromatic rings. The number of Topliss-reactive ketones (excluding diaryl/α,β-unsaturated/α-hetero) is 1. The number of fused-ring (bicyclic) bond motifs is 1. The summed E-state index contributed by atoms with van der Waals surface area (Å²) in [6.07, 6.45) is 2.78. The Morgan fingerprint density at radius 3 is 2.62 bits per heavy atom. The van der Waals surface area contributed by atoms with Crippen molar-refractivity contribution in [2.24, 2.45) is 0 Å². The second-order valence-corrected chi connectivity index (χ2v) is 3.32. The molecule has 0 amide bonds. The van der Waals surface area contributed by atoms with Gasteiger partial charge in [0, 0.05) is 5.56 Å². The molecule has 0 radical (unpaired) electrons. The number of carbonyl (C=O) groups excluding carboxylic acids is 3. The maximum atomic E-state index is 11.5. The highest BCUT2D eigenvalue weighted by atomic mass is 16.5. The van der Waals surface area contributed by atoms with E-state index in [9.17, 15) is 14.4 Å². The SMILES string of the molecule is COC(=O)c1ccc2c(c1)C(=O)C(=O)C=C2. The largest absolute Gasteiger partial charge is 0.465 e. The third-order valence-electron chi connectivity index (χ3n) is 2.36. The fourth-order valence-corrected chi connectivity index (χ4v) is 1.52.